The lowest BCUT2D eigenvalue weighted by atomic mass is 10.4. The predicted octanol–water partition coefficient (Wildman–Crippen LogP) is 3.39. The zero-order valence-electron chi connectivity index (χ0n) is 7.70. The maximum atomic E-state index is 11.6. The van der Waals surface area contributed by atoms with Gasteiger partial charge in [0.05, 0.1) is 15.8 Å². The lowest BCUT2D eigenvalue weighted by Crippen LogP contribution is -2.21. The Bertz CT molecular complexity index is 450. The van der Waals surface area contributed by atoms with Crippen LogP contribution in [0.1, 0.15) is 14.5 Å². The minimum Gasteiger partial charge on any atom is -0.346 e. The summed E-state index contributed by atoms with van der Waals surface area (Å²) in [5.74, 6) is -0.0328. The minimum absolute atomic E-state index is 0.0328. The molecule has 0 aliphatic heterocycles. The van der Waals surface area contributed by atoms with Crippen molar-refractivity contribution >= 4 is 40.2 Å². The van der Waals surface area contributed by atoms with Crippen molar-refractivity contribution in [1.29, 1.82) is 0 Å². The summed E-state index contributed by atoms with van der Waals surface area (Å²) in [5.41, 5.74) is 0. The number of thiophene rings is 2. The van der Waals surface area contributed by atoms with E-state index in [1.54, 1.807) is 6.07 Å². The monoisotopic (exact) mass is 257 g/mol. The highest BCUT2D eigenvalue weighted by atomic mass is 35.5. The molecule has 0 saturated carbocycles. The van der Waals surface area contributed by atoms with E-state index in [9.17, 15) is 4.79 Å². The maximum Gasteiger partial charge on any atom is 0.261 e. The van der Waals surface area contributed by atoms with E-state index in [4.69, 9.17) is 11.6 Å². The van der Waals surface area contributed by atoms with Gasteiger partial charge in [-0.15, -0.1) is 22.7 Å². The smallest absolute Gasteiger partial charge is 0.261 e. The molecule has 15 heavy (non-hydrogen) atoms. The molecule has 5 heteroatoms. The summed E-state index contributed by atoms with van der Waals surface area (Å²) in [7, 11) is 0. The van der Waals surface area contributed by atoms with E-state index in [0.29, 0.717) is 6.54 Å². The van der Waals surface area contributed by atoms with Crippen LogP contribution in [0.5, 0.6) is 0 Å². The number of carbonyl (C=O) groups excluding carboxylic acids is 1. The van der Waals surface area contributed by atoms with Gasteiger partial charge < -0.3 is 5.32 Å². The van der Waals surface area contributed by atoms with Gasteiger partial charge in [0.15, 0.2) is 0 Å². The van der Waals surface area contributed by atoms with Gasteiger partial charge in [0.25, 0.3) is 5.91 Å². The van der Waals surface area contributed by atoms with Crippen molar-refractivity contribution in [2.45, 2.75) is 6.54 Å². The number of hydrogen-bond donors (Lipinski definition) is 1. The molecule has 0 aliphatic rings. The lowest BCUT2D eigenvalue weighted by Gasteiger charge is -2.00. The van der Waals surface area contributed by atoms with Crippen LogP contribution in [0.3, 0.4) is 0 Å². The molecule has 2 aromatic heterocycles. The molecule has 0 radical (unpaired) electrons. The second-order valence-electron chi connectivity index (χ2n) is 2.87. The Balaban J connectivity index is 1.91. The molecule has 2 nitrogen and oxygen atoms in total. The fraction of sp³-hybridized carbons (Fsp3) is 0.100. The molecule has 2 aromatic rings. The van der Waals surface area contributed by atoms with E-state index < -0.39 is 0 Å². The van der Waals surface area contributed by atoms with Crippen LogP contribution in [-0.4, -0.2) is 5.91 Å². The molecular weight excluding hydrogens is 250 g/mol. The average molecular weight is 258 g/mol. The van der Waals surface area contributed by atoms with Crippen molar-refractivity contribution in [3.8, 4) is 0 Å². The third kappa shape index (κ3) is 2.81. The van der Waals surface area contributed by atoms with Crippen molar-refractivity contribution in [2.75, 3.05) is 0 Å². The Kier molecular flexibility index (Phi) is 3.41. The number of nitrogens with one attached hydrogen (secondary N) is 1. The summed E-state index contributed by atoms with van der Waals surface area (Å²) in [6.07, 6.45) is 0. The summed E-state index contributed by atoms with van der Waals surface area (Å²) in [6.45, 7) is 0.536. The minimum atomic E-state index is -0.0328. The first-order chi connectivity index (χ1) is 7.25. The Morgan fingerprint density at radius 2 is 2.27 bits per heavy atom. The summed E-state index contributed by atoms with van der Waals surface area (Å²) in [4.78, 5) is 13.4. The van der Waals surface area contributed by atoms with Crippen molar-refractivity contribution in [3.63, 3.8) is 0 Å². The number of amides is 1. The van der Waals surface area contributed by atoms with Crippen molar-refractivity contribution in [3.05, 3.63) is 43.7 Å². The van der Waals surface area contributed by atoms with Crippen LogP contribution in [0.2, 0.25) is 4.34 Å². The van der Waals surface area contributed by atoms with Crippen LogP contribution in [0.4, 0.5) is 0 Å². The zero-order chi connectivity index (χ0) is 10.7. The molecule has 1 N–H and O–H groups in total. The average Bonchev–Trinajstić information content (AvgIpc) is 2.84. The topological polar surface area (TPSA) is 29.1 Å². The Hall–Kier alpha value is -0.840. The second-order valence-corrected chi connectivity index (χ2v) is 5.61. The third-order valence-corrected chi connectivity index (χ3v) is 3.90. The molecule has 2 heterocycles. The molecule has 0 saturated heterocycles. The lowest BCUT2D eigenvalue weighted by molar-refractivity contribution is 0.0955. The van der Waals surface area contributed by atoms with Crippen LogP contribution >= 0.6 is 34.3 Å². The van der Waals surface area contributed by atoms with Crippen LogP contribution in [-0.2, 0) is 6.54 Å². The molecule has 0 atom stereocenters. The van der Waals surface area contributed by atoms with E-state index in [-0.39, 0.29) is 5.91 Å². The molecule has 0 bridgehead atoms. The van der Waals surface area contributed by atoms with Gasteiger partial charge in [0.2, 0.25) is 0 Å². The van der Waals surface area contributed by atoms with Gasteiger partial charge >= 0.3 is 0 Å². The van der Waals surface area contributed by atoms with Gasteiger partial charge in [-0.2, -0.15) is 0 Å². The standard InChI is InChI=1S/C10H8ClNOS2/c11-9-4-3-7(15-9)6-12-10(13)8-2-1-5-14-8/h1-5H,6H2,(H,12,13). The van der Waals surface area contributed by atoms with Gasteiger partial charge in [-0.05, 0) is 23.6 Å². The molecule has 0 spiro atoms. The van der Waals surface area contributed by atoms with Gasteiger partial charge in [-0.25, -0.2) is 0 Å². The van der Waals surface area contributed by atoms with E-state index in [0.717, 1.165) is 14.1 Å². The number of rotatable bonds is 3. The first-order valence-corrected chi connectivity index (χ1v) is 6.39. The zero-order valence-corrected chi connectivity index (χ0v) is 10.1. The molecule has 78 valence electrons. The van der Waals surface area contributed by atoms with E-state index in [1.807, 2.05) is 23.6 Å². The molecule has 0 fully saturated rings. The quantitative estimate of drug-likeness (QED) is 0.897. The maximum absolute atomic E-state index is 11.6. The molecule has 0 aromatic carbocycles. The number of halogens is 1. The fourth-order valence-electron chi connectivity index (χ4n) is 1.11. The third-order valence-electron chi connectivity index (χ3n) is 1.80. The van der Waals surface area contributed by atoms with Crippen molar-refractivity contribution in [2.24, 2.45) is 0 Å². The Morgan fingerprint density at radius 1 is 1.40 bits per heavy atom. The fourth-order valence-corrected chi connectivity index (χ4v) is 2.78. The van der Waals surface area contributed by atoms with Gasteiger partial charge in [0, 0.05) is 4.88 Å². The molecule has 0 unspecified atom stereocenters. The summed E-state index contributed by atoms with van der Waals surface area (Å²) in [5, 5.41) is 4.72. The predicted molar refractivity (Wildman–Crippen MR) is 64.8 cm³/mol. The molecule has 0 aliphatic carbocycles. The normalized spacial score (nSPS) is 10.2. The van der Waals surface area contributed by atoms with Gasteiger partial charge in [-0.1, -0.05) is 17.7 Å². The summed E-state index contributed by atoms with van der Waals surface area (Å²) in [6, 6.07) is 7.42. The summed E-state index contributed by atoms with van der Waals surface area (Å²) < 4.78 is 0.746. The highest BCUT2D eigenvalue weighted by molar-refractivity contribution is 7.16. The summed E-state index contributed by atoms with van der Waals surface area (Å²) >= 11 is 8.70. The second kappa shape index (κ2) is 4.79. The van der Waals surface area contributed by atoms with Crippen molar-refractivity contribution in [1.82, 2.24) is 5.32 Å². The number of hydrogen-bond acceptors (Lipinski definition) is 3. The van der Waals surface area contributed by atoms with E-state index in [1.165, 1.54) is 22.7 Å². The molecule has 1 amide bonds. The number of carbonyl (C=O) groups is 1. The van der Waals surface area contributed by atoms with Crippen LogP contribution in [0.25, 0.3) is 0 Å². The van der Waals surface area contributed by atoms with Crippen LogP contribution in [0, 0.1) is 0 Å². The van der Waals surface area contributed by atoms with E-state index >= 15 is 0 Å². The van der Waals surface area contributed by atoms with Gasteiger partial charge in [0.1, 0.15) is 0 Å². The highest BCUT2D eigenvalue weighted by Crippen LogP contribution is 2.21. The molecular formula is C10H8ClNOS2. The van der Waals surface area contributed by atoms with Gasteiger partial charge in [-0.3, -0.25) is 4.79 Å². The van der Waals surface area contributed by atoms with Crippen molar-refractivity contribution < 1.29 is 4.79 Å². The molecule has 2 rings (SSSR count). The Labute approximate surface area is 101 Å². The first-order valence-electron chi connectivity index (χ1n) is 4.31. The Morgan fingerprint density at radius 3 is 2.87 bits per heavy atom. The SMILES string of the molecule is O=C(NCc1ccc(Cl)s1)c1cccs1. The largest absolute Gasteiger partial charge is 0.346 e. The van der Waals surface area contributed by atoms with Crippen LogP contribution < -0.4 is 5.32 Å². The van der Waals surface area contributed by atoms with Crippen LogP contribution in [0.15, 0.2) is 29.6 Å². The first kappa shape index (κ1) is 10.7. The van der Waals surface area contributed by atoms with E-state index in [2.05, 4.69) is 5.32 Å². The highest BCUT2D eigenvalue weighted by Gasteiger charge is 2.06.